The predicted octanol–water partition coefficient (Wildman–Crippen LogP) is 3.28. The first-order valence-electron chi connectivity index (χ1n) is 11.2. The van der Waals surface area contributed by atoms with Crippen molar-refractivity contribution in [2.24, 2.45) is 0 Å². The number of nitrogens with zero attached hydrogens (tertiary/aromatic N) is 5. The minimum absolute atomic E-state index is 0.145. The van der Waals surface area contributed by atoms with Crippen molar-refractivity contribution in [3.8, 4) is 11.3 Å². The molecule has 4 aromatic heterocycles. The average Bonchev–Trinajstić information content (AvgIpc) is 3.59. The van der Waals surface area contributed by atoms with Crippen LogP contribution in [0.15, 0.2) is 36.8 Å². The SMILES string of the molecule is CNc1cc(-c2cn([C@H]3CCOC3)c3ncccc23)nc2c(C(=O)N[C@H]3CCC3(F)F)cnn12. The maximum atomic E-state index is 13.7. The number of hydrogen-bond donors (Lipinski definition) is 2. The van der Waals surface area contributed by atoms with Gasteiger partial charge in [0.1, 0.15) is 17.0 Å². The highest BCUT2D eigenvalue weighted by molar-refractivity contribution is 6.01. The van der Waals surface area contributed by atoms with Gasteiger partial charge >= 0.3 is 0 Å². The van der Waals surface area contributed by atoms with E-state index in [-0.39, 0.29) is 30.1 Å². The number of alkyl halides is 2. The molecule has 34 heavy (non-hydrogen) atoms. The molecular weight excluding hydrogens is 444 g/mol. The molecular formula is C23H23F2N7O2. The van der Waals surface area contributed by atoms with Crippen molar-refractivity contribution < 1.29 is 18.3 Å². The fraction of sp³-hybridized carbons (Fsp3) is 0.391. The fourth-order valence-corrected chi connectivity index (χ4v) is 4.67. The second kappa shape index (κ2) is 7.73. The normalized spacial score (nSPS) is 21.6. The lowest BCUT2D eigenvalue weighted by Gasteiger charge is -2.36. The van der Waals surface area contributed by atoms with Crippen LogP contribution in [-0.4, -0.2) is 62.3 Å². The standard InChI is InChI=1S/C23H23F2N7O2/c1-26-19-9-17(16-11-31(13-5-8-34-12-13)20-14(16)3-2-7-27-20)29-21-15(10-28-32(19)21)22(33)30-18-4-6-23(18,24)25/h2-3,7,9-11,13,18,26H,4-6,8,12H2,1H3,(H,30,33)/t13-,18-/m0/s1. The van der Waals surface area contributed by atoms with Gasteiger partial charge in [-0.2, -0.15) is 9.61 Å². The summed E-state index contributed by atoms with van der Waals surface area (Å²) in [6.07, 6.45) is 6.05. The Balaban J connectivity index is 1.46. The molecule has 1 aliphatic heterocycles. The zero-order valence-electron chi connectivity index (χ0n) is 18.5. The molecule has 1 saturated heterocycles. The van der Waals surface area contributed by atoms with Gasteiger partial charge in [0.25, 0.3) is 11.8 Å². The van der Waals surface area contributed by atoms with E-state index in [4.69, 9.17) is 9.72 Å². The molecule has 9 nitrogen and oxygen atoms in total. The molecule has 11 heteroatoms. The Morgan fingerprint density at radius 3 is 2.88 bits per heavy atom. The Labute approximate surface area is 193 Å². The van der Waals surface area contributed by atoms with Crippen molar-refractivity contribution in [1.29, 1.82) is 0 Å². The van der Waals surface area contributed by atoms with E-state index in [0.29, 0.717) is 24.7 Å². The van der Waals surface area contributed by atoms with E-state index in [0.717, 1.165) is 23.0 Å². The number of amides is 1. The first kappa shape index (κ1) is 21.0. The summed E-state index contributed by atoms with van der Waals surface area (Å²) in [5, 5.41) is 10.7. The van der Waals surface area contributed by atoms with E-state index in [1.54, 1.807) is 13.2 Å². The second-order valence-electron chi connectivity index (χ2n) is 8.74. The summed E-state index contributed by atoms with van der Waals surface area (Å²) in [5.74, 6) is -2.88. The third-order valence-corrected chi connectivity index (χ3v) is 6.72. The van der Waals surface area contributed by atoms with Crippen LogP contribution in [0.25, 0.3) is 27.9 Å². The van der Waals surface area contributed by atoms with Crippen LogP contribution >= 0.6 is 0 Å². The van der Waals surface area contributed by atoms with Gasteiger partial charge in [-0.05, 0) is 25.0 Å². The molecule has 176 valence electrons. The van der Waals surface area contributed by atoms with Crippen molar-refractivity contribution >= 4 is 28.4 Å². The Bertz CT molecular complexity index is 1410. The first-order valence-corrected chi connectivity index (χ1v) is 11.2. The largest absolute Gasteiger partial charge is 0.379 e. The first-order chi connectivity index (χ1) is 16.5. The number of nitrogens with one attached hydrogen (secondary N) is 2. The van der Waals surface area contributed by atoms with Crippen LogP contribution in [0.4, 0.5) is 14.6 Å². The summed E-state index contributed by atoms with van der Waals surface area (Å²) in [6, 6.07) is 4.71. The summed E-state index contributed by atoms with van der Waals surface area (Å²) in [4.78, 5) is 22.2. The van der Waals surface area contributed by atoms with Crippen molar-refractivity contribution in [1.82, 2.24) is 29.5 Å². The number of pyridine rings is 1. The van der Waals surface area contributed by atoms with Gasteiger partial charge in [-0.3, -0.25) is 4.79 Å². The fourth-order valence-electron chi connectivity index (χ4n) is 4.67. The number of rotatable bonds is 5. The molecule has 0 radical (unpaired) electrons. The zero-order chi connectivity index (χ0) is 23.4. The van der Waals surface area contributed by atoms with Crippen molar-refractivity contribution in [3.63, 3.8) is 0 Å². The van der Waals surface area contributed by atoms with E-state index < -0.39 is 17.9 Å². The third kappa shape index (κ3) is 3.22. The number of fused-ring (bicyclic) bond motifs is 2. The van der Waals surface area contributed by atoms with Crippen LogP contribution in [0, 0.1) is 0 Å². The van der Waals surface area contributed by atoms with E-state index in [9.17, 15) is 13.6 Å². The lowest BCUT2D eigenvalue weighted by Crippen LogP contribution is -2.55. The molecule has 2 fully saturated rings. The van der Waals surface area contributed by atoms with Gasteiger partial charge in [0.2, 0.25) is 0 Å². The van der Waals surface area contributed by atoms with Crippen LogP contribution in [0.1, 0.15) is 35.7 Å². The van der Waals surface area contributed by atoms with Gasteiger partial charge in [-0.25, -0.2) is 18.7 Å². The van der Waals surface area contributed by atoms with Crippen LogP contribution < -0.4 is 10.6 Å². The molecule has 0 bridgehead atoms. The maximum Gasteiger partial charge on any atom is 0.267 e. The van der Waals surface area contributed by atoms with E-state index in [1.807, 2.05) is 24.4 Å². The van der Waals surface area contributed by atoms with Gasteiger partial charge in [-0.15, -0.1) is 0 Å². The number of halogens is 2. The van der Waals surface area contributed by atoms with Gasteiger partial charge in [0, 0.05) is 49.5 Å². The Morgan fingerprint density at radius 1 is 1.29 bits per heavy atom. The lowest BCUT2D eigenvalue weighted by atomic mass is 9.88. The molecule has 0 aromatic carbocycles. The maximum absolute atomic E-state index is 13.7. The van der Waals surface area contributed by atoms with Gasteiger partial charge in [-0.1, -0.05) is 0 Å². The molecule has 2 N–H and O–H groups in total. The molecule has 1 amide bonds. The quantitative estimate of drug-likeness (QED) is 0.468. The molecule has 6 rings (SSSR count). The molecule has 2 atom stereocenters. The zero-order valence-corrected chi connectivity index (χ0v) is 18.5. The minimum Gasteiger partial charge on any atom is -0.379 e. The minimum atomic E-state index is -2.88. The molecule has 1 aliphatic carbocycles. The monoisotopic (exact) mass is 467 g/mol. The van der Waals surface area contributed by atoms with Gasteiger partial charge < -0.3 is 19.9 Å². The lowest BCUT2D eigenvalue weighted by molar-refractivity contribution is -0.102. The molecule has 2 aliphatic rings. The molecule has 1 saturated carbocycles. The van der Waals surface area contributed by atoms with Crippen LogP contribution in [-0.2, 0) is 4.74 Å². The molecule has 4 aromatic rings. The van der Waals surface area contributed by atoms with Crippen molar-refractivity contribution in [2.45, 2.75) is 37.3 Å². The summed E-state index contributed by atoms with van der Waals surface area (Å²) in [5.41, 5.74) is 2.74. The number of anilines is 1. The number of carbonyl (C=O) groups is 1. The predicted molar refractivity (Wildman–Crippen MR) is 121 cm³/mol. The van der Waals surface area contributed by atoms with E-state index >= 15 is 0 Å². The Hall–Kier alpha value is -3.60. The van der Waals surface area contributed by atoms with Crippen LogP contribution in [0.2, 0.25) is 0 Å². The van der Waals surface area contributed by atoms with Crippen LogP contribution in [0.3, 0.4) is 0 Å². The summed E-state index contributed by atoms with van der Waals surface area (Å²) >= 11 is 0. The van der Waals surface area contributed by atoms with Gasteiger partial charge in [0.15, 0.2) is 5.65 Å². The summed E-state index contributed by atoms with van der Waals surface area (Å²) < 4.78 is 36.6. The van der Waals surface area contributed by atoms with Crippen molar-refractivity contribution in [3.05, 3.63) is 42.4 Å². The highest BCUT2D eigenvalue weighted by Crippen LogP contribution is 2.38. The second-order valence-corrected chi connectivity index (χ2v) is 8.74. The molecule has 0 unspecified atom stereocenters. The van der Waals surface area contributed by atoms with E-state index in [1.165, 1.54) is 10.7 Å². The highest BCUT2D eigenvalue weighted by atomic mass is 19.3. The number of aromatic nitrogens is 5. The summed E-state index contributed by atoms with van der Waals surface area (Å²) in [6.45, 7) is 1.32. The van der Waals surface area contributed by atoms with Gasteiger partial charge in [0.05, 0.1) is 30.6 Å². The molecule has 5 heterocycles. The number of hydrogen-bond acceptors (Lipinski definition) is 6. The summed E-state index contributed by atoms with van der Waals surface area (Å²) in [7, 11) is 1.75. The Morgan fingerprint density at radius 2 is 2.18 bits per heavy atom. The van der Waals surface area contributed by atoms with Crippen LogP contribution in [0.5, 0.6) is 0 Å². The topological polar surface area (TPSA) is 98.4 Å². The number of carbonyl (C=O) groups excluding carboxylic acids is 1. The number of ether oxygens (including phenoxy) is 1. The van der Waals surface area contributed by atoms with Crippen molar-refractivity contribution in [2.75, 3.05) is 25.6 Å². The molecule has 0 spiro atoms. The average molecular weight is 467 g/mol. The van der Waals surface area contributed by atoms with E-state index in [2.05, 4.69) is 25.3 Å². The Kier molecular flexibility index (Phi) is 4.76. The third-order valence-electron chi connectivity index (χ3n) is 6.72. The smallest absolute Gasteiger partial charge is 0.267 e. The highest BCUT2D eigenvalue weighted by Gasteiger charge is 2.49.